The molecule has 0 bridgehead atoms. The maximum absolute atomic E-state index is 3.38. The summed E-state index contributed by atoms with van der Waals surface area (Å²) >= 11 is -0.839. The first-order chi connectivity index (χ1) is 8.85. The van der Waals surface area contributed by atoms with Gasteiger partial charge in [-0.2, -0.15) is 5.21 Å². The van der Waals surface area contributed by atoms with E-state index in [9.17, 15) is 0 Å². The monoisotopic (exact) mass is 361 g/mol. The molecular formula is C13H29N4Sn+. The van der Waals surface area contributed by atoms with Crippen LogP contribution in [0.4, 0.5) is 0 Å². The summed E-state index contributed by atoms with van der Waals surface area (Å²) in [6, 6.07) is 0. The Morgan fingerprint density at radius 2 is 1.39 bits per heavy atom. The molecular weight excluding hydrogens is 331 g/mol. The molecule has 4 nitrogen and oxygen atoms in total. The molecule has 0 amide bonds. The van der Waals surface area contributed by atoms with Crippen molar-refractivity contribution >= 4 is 19.8 Å². The summed E-state index contributed by atoms with van der Waals surface area (Å²) in [5.41, 5.74) is 0. The third-order valence-electron chi connectivity index (χ3n) is 2.92. The van der Waals surface area contributed by atoms with Crippen LogP contribution in [0.15, 0.2) is 6.33 Å². The van der Waals surface area contributed by atoms with Crippen molar-refractivity contribution in [3.8, 4) is 0 Å². The van der Waals surface area contributed by atoms with Gasteiger partial charge in [0, 0.05) is 0 Å². The van der Waals surface area contributed by atoms with Crippen molar-refractivity contribution in [1.29, 1.82) is 0 Å². The largest absolute Gasteiger partial charge is 0.177 e. The topological polar surface area (TPSA) is 54.5 Å². The van der Waals surface area contributed by atoms with Crippen LogP contribution in [0.3, 0.4) is 0 Å². The minimum atomic E-state index is -0.839. The van der Waals surface area contributed by atoms with Gasteiger partial charge in [-0.25, -0.2) is 0 Å². The summed E-state index contributed by atoms with van der Waals surface area (Å²) in [6.45, 7) is 7.00. The Morgan fingerprint density at radius 1 is 0.889 bits per heavy atom. The molecule has 0 radical (unpaired) electrons. The molecule has 1 rings (SSSR count). The number of aromatic nitrogens is 4. The smallest absolute Gasteiger partial charge is 0.161 e. The van der Waals surface area contributed by atoms with Crippen molar-refractivity contribution in [3.63, 3.8) is 0 Å². The Morgan fingerprint density at radius 3 is 1.61 bits per heavy atom. The number of hydrogen-bond acceptors (Lipinski definition) is 3. The number of unbranched alkanes of at least 4 members (excludes halogenated alkanes) is 3. The molecule has 0 unspecified atom stereocenters. The maximum atomic E-state index is 3.38. The molecule has 0 saturated carbocycles. The molecule has 0 aliphatic rings. The van der Waals surface area contributed by atoms with E-state index in [4.69, 9.17) is 0 Å². The van der Waals surface area contributed by atoms with Gasteiger partial charge in [0.05, 0.1) is 0 Å². The van der Waals surface area contributed by atoms with E-state index >= 15 is 0 Å². The Kier molecular flexibility index (Phi) is 14.8. The van der Waals surface area contributed by atoms with Gasteiger partial charge in [0.15, 0.2) is 6.33 Å². The number of tetrazole rings is 1. The molecule has 0 saturated heterocycles. The number of nitrogens with one attached hydrogen (secondary N) is 1. The molecule has 0 aliphatic carbocycles. The van der Waals surface area contributed by atoms with E-state index in [1.54, 1.807) is 13.3 Å². The van der Waals surface area contributed by atoms with Crippen LogP contribution in [-0.4, -0.2) is 40.4 Å². The first-order valence-electron chi connectivity index (χ1n) is 7.35. The zero-order chi connectivity index (χ0) is 13.5. The third kappa shape index (κ3) is 12.3. The predicted octanol–water partition coefficient (Wildman–Crippen LogP) is 4.08. The van der Waals surface area contributed by atoms with Crippen LogP contribution >= 0.6 is 0 Å². The Labute approximate surface area is 119 Å². The second kappa shape index (κ2) is 14.9. The minimum absolute atomic E-state index is 0.839. The minimum Gasteiger partial charge on any atom is -0.177 e. The standard InChI is InChI=1S/3C4H9.CH2N4.Sn/c3*1-3-4-2;1-2-4-5-3-1;/h3*1,3-4H2,2H3;1H,(H,2,3,4,5);/q;;;;+1. The van der Waals surface area contributed by atoms with Gasteiger partial charge in [-0.05, 0) is 0 Å². The summed E-state index contributed by atoms with van der Waals surface area (Å²) in [6.07, 6.45) is 10.2. The van der Waals surface area contributed by atoms with E-state index in [0.717, 1.165) is 0 Å². The fourth-order valence-corrected chi connectivity index (χ4v) is 11.2. The van der Waals surface area contributed by atoms with Crippen LogP contribution in [0.2, 0.25) is 13.3 Å². The summed E-state index contributed by atoms with van der Waals surface area (Å²) in [7, 11) is 0. The molecule has 1 N–H and O–H groups in total. The van der Waals surface area contributed by atoms with Crippen LogP contribution < -0.4 is 0 Å². The van der Waals surface area contributed by atoms with Crippen LogP contribution in [0.25, 0.3) is 0 Å². The van der Waals surface area contributed by atoms with E-state index in [1.807, 2.05) is 0 Å². The zero-order valence-electron chi connectivity index (χ0n) is 12.3. The number of aromatic amines is 1. The second-order valence-corrected chi connectivity index (χ2v) is 13.2. The zero-order valence-corrected chi connectivity index (χ0v) is 15.1. The van der Waals surface area contributed by atoms with Crippen LogP contribution in [0.1, 0.15) is 59.3 Å². The van der Waals surface area contributed by atoms with Gasteiger partial charge in [-0.3, -0.25) is 0 Å². The average molecular weight is 360 g/mol. The summed E-state index contributed by atoms with van der Waals surface area (Å²) in [5, 5.41) is 12.2. The third-order valence-corrected chi connectivity index (χ3v) is 12.0. The van der Waals surface area contributed by atoms with Crippen molar-refractivity contribution in [3.05, 3.63) is 6.33 Å². The van der Waals surface area contributed by atoms with Gasteiger partial charge in [-0.1, -0.05) is 5.21 Å². The Bertz CT molecular complexity index is 193. The normalized spacial score (nSPS) is 9.72. The molecule has 0 spiro atoms. The molecule has 1 aromatic rings. The molecule has 5 heteroatoms. The van der Waals surface area contributed by atoms with Gasteiger partial charge in [-0.15, -0.1) is 10.2 Å². The van der Waals surface area contributed by atoms with Crippen LogP contribution in [-0.2, 0) is 0 Å². The number of H-pyrrole nitrogens is 1. The van der Waals surface area contributed by atoms with Crippen LogP contribution in [0, 0.1) is 0 Å². The van der Waals surface area contributed by atoms with E-state index < -0.39 is 19.8 Å². The van der Waals surface area contributed by atoms with Crippen molar-refractivity contribution in [2.24, 2.45) is 0 Å². The van der Waals surface area contributed by atoms with Crippen molar-refractivity contribution in [2.75, 3.05) is 0 Å². The van der Waals surface area contributed by atoms with Gasteiger partial charge in [0.1, 0.15) is 0 Å². The first-order valence-corrected chi connectivity index (χ1v) is 13.4. The van der Waals surface area contributed by atoms with Crippen molar-refractivity contribution < 1.29 is 0 Å². The number of rotatable bonds is 9. The van der Waals surface area contributed by atoms with Crippen LogP contribution in [0.5, 0.6) is 0 Å². The molecule has 0 aliphatic heterocycles. The molecule has 1 aromatic heterocycles. The fourth-order valence-electron chi connectivity index (χ4n) is 1.78. The van der Waals surface area contributed by atoms with Gasteiger partial charge < -0.3 is 0 Å². The number of hydrogen-bond donors (Lipinski definition) is 1. The molecule has 0 aromatic carbocycles. The predicted molar refractivity (Wildman–Crippen MR) is 79.1 cm³/mol. The quantitative estimate of drug-likeness (QED) is 0.676. The maximum Gasteiger partial charge on any atom is 0.161 e. The molecule has 18 heavy (non-hydrogen) atoms. The van der Waals surface area contributed by atoms with Crippen molar-refractivity contribution in [2.45, 2.75) is 72.6 Å². The molecule has 1 heterocycles. The average Bonchev–Trinajstić information content (AvgIpc) is 2.97. The van der Waals surface area contributed by atoms with E-state index in [-0.39, 0.29) is 0 Å². The van der Waals surface area contributed by atoms with Gasteiger partial charge in [0.2, 0.25) is 0 Å². The molecule has 0 atom stereocenters. The molecule has 0 fully saturated rings. The van der Waals surface area contributed by atoms with E-state index in [0.29, 0.717) is 0 Å². The van der Waals surface area contributed by atoms with E-state index in [2.05, 4.69) is 41.4 Å². The van der Waals surface area contributed by atoms with Crippen molar-refractivity contribution in [1.82, 2.24) is 20.6 Å². The molecule has 104 valence electrons. The summed E-state index contributed by atoms with van der Waals surface area (Å²) in [5.74, 6) is 0. The van der Waals surface area contributed by atoms with E-state index in [1.165, 1.54) is 44.9 Å². The van der Waals surface area contributed by atoms with Gasteiger partial charge in [0.25, 0.3) is 0 Å². The SMILES string of the molecule is CCC[CH2][Sn+]([CH2]CCC)[CH2]CCC.c1nn[nH]n1. The van der Waals surface area contributed by atoms with Gasteiger partial charge >= 0.3 is 92.4 Å². The first kappa shape index (κ1) is 17.9. The number of nitrogens with zero attached hydrogens (tertiary/aromatic N) is 3. The Hall–Kier alpha value is -0.131. The second-order valence-electron chi connectivity index (χ2n) is 4.62. The summed E-state index contributed by atoms with van der Waals surface area (Å²) < 4.78 is 5.04. The Balaban J connectivity index is 0.000000473. The fraction of sp³-hybridized carbons (Fsp3) is 0.923. The summed E-state index contributed by atoms with van der Waals surface area (Å²) in [4.78, 5) is 0.